The Morgan fingerprint density at radius 2 is 2.00 bits per heavy atom. The number of rotatable bonds is 4. The molecule has 3 rings (SSSR count). The van der Waals surface area contributed by atoms with E-state index in [0.717, 1.165) is 24.0 Å². The van der Waals surface area contributed by atoms with Gasteiger partial charge in [-0.3, -0.25) is 0 Å². The van der Waals surface area contributed by atoms with Gasteiger partial charge in [0.25, 0.3) is 0 Å². The standard InChI is InChI=1S/C24H19ClFI/c1-3-4-17-5-7-18(8-6-17)9-10-19-11-13-20(14-12-19)21-15-16-22(25)24(27-2)23(21)26/h3,5-8,11,13-16,19H,1-2,4,12H2. The Morgan fingerprint density at radius 3 is 2.63 bits per heavy atom. The highest BCUT2D eigenvalue weighted by molar-refractivity contribution is 14.2. The summed E-state index contributed by atoms with van der Waals surface area (Å²) in [6, 6.07) is 11.7. The Labute approximate surface area is 175 Å². The second-order valence-electron chi connectivity index (χ2n) is 6.18. The van der Waals surface area contributed by atoms with Gasteiger partial charge in [0.15, 0.2) is 0 Å². The Morgan fingerprint density at radius 1 is 1.22 bits per heavy atom. The monoisotopic (exact) mass is 488 g/mol. The van der Waals surface area contributed by atoms with Crippen molar-refractivity contribution in [2.24, 2.45) is 5.92 Å². The van der Waals surface area contributed by atoms with Crippen molar-refractivity contribution >= 4 is 42.4 Å². The van der Waals surface area contributed by atoms with Gasteiger partial charge in [-0.25, -0.2) is 4.39 Å². The molecule has 1 aliphatic rings. The van der Waals surface area contributed by atoms with Crippen LogP contribution < -0.4 is 0 Å². The van der Waals surface area contributed by atoms with E-state index >= 15 is 0 Å². The lowest BCUT2D eigenvalue weighted by molar-refractivity contribution is 0.616. The molecule has 27 heavy (non-hydrogen) atoms. The van der Waals surface area contributed by atoms with E-state index in [0.29, 0.717) is 14.2 Å². The van der Waals surface area contributed by atoms with E-state index in [-0.39, 0.29) is 11.7 Å². The van der Waals surface area contributed by atoms with Crippen LogP contribution in [0, 0.1) is 27.1 Å². The van der Waals surface area contributed by atoms with Crippen molar-refractivity contribution in [2.75, 3.05) is 0 Å². The molecule has 0 bridgehead atoms. The van der Waals surface area contributed by atoms with Crippen LogP contribution in [0.5, 0.6) is 0 Å². The zero-order valence-corrected chi connectivity index (χ0v) is 17.7. The van der Waals surface area contributed by atoms with Crippen LogP contribution in [-0.2, 0) is 6.42 Å². The summed E-state index contributed by atoms with van der Waals surface area (Å²) in [4.78, 5) is 0. The Bertz CT molecular complexity index is 988. The van der Waals surface area contributed by atoms with E-state index in [1.807, 2.05) is 36.4 Å². The summed E-state index contributed by atoms with van der Waals surface area (Å²) in [7, 11) is 0. The minimum Gasteiger partial charge on any atom is -0.205 e. The third kappa shape index (κ3) is 4.86. The number of allylic oxidation sites excluding steroid dienone is 5. The molecule has 1 unspecified atom stereocenters. The minimum absolute atomic E-state index is 0.136. The van der Waals surface area contributed by atoms with Gasteiger partial charge in [0, 0.05) is 17.0 Å². The Kier molecular flexibility index (Phi) is 6.82. The summed E-state index contributed by atoms with van der Waals surface area (Å²) >= 11 is 5.42. The third-order valence-corrected chi connectivity index (χ3v) is 6.77. The van der Waals surface area contributed by atoms with Gasteiger partial charge in [-0.05, 0) is 48.2 Å². The van der Waals surface area contributed by atoms with Crippen LogP contribution in [-0.4, -0.2) is 4.51 Å². The maximum atomic E-state index is 14.7. The van der Waals surface area contributed by atoms with Crippen molar-refractivity contribution in [3.8, 4) is 11.8 Å². The molecule has 0 saturated heterocycles. The molecule has 0 radical (unpaired) electrons. The van der Waals surface area contributed by atoms with Gasteiger partial charge in [-0.15, -0.1) is 6.58 Å². The third-order valence-electron chi connectivity index (χ3n) is 4.32. The first-order chi connectivity index (χ1) is 13.1. The summed E-state index contributed by atoms with van der Waals surface area (Å²) in [5, 5.41) is 0.474. The van der Waals surface area contributed by atoms with Crippen molar-refractivity contribution in [3.63, 3.8) is 0 Å². The molecular weight excluding hydrogens is 470 g/mol. The van der Waals surface area contributed by atoms with Crippen molar-refractivity contribution in [2.45, 2.75) is 12.8 Å². The molecule has 0 nitrogen and oxygen atoms in total. The van der Waals surface area contributed by atoms with Gasteiger partial charge in [0.2, 0.25) is 0 Å². The SMILES string of the molecule is C=CCc1ccc(C#CC2C=CC(c3ccc(Cl)c(I=C)c3F)=CC2)cc1. The Hall–Kier alpha value is -1.96. The quantitative estimate of drug-likeness (QED) is 0.192. The van der Waals surface area contributed by atoms with Crippen molar-refractivity contribution in [3.05, 3.63) is 98.4 Å². The number of halogens is 3. The number of benzene rings is 2. The van der Waals surface area contributed by atoms with E-state index in [1.54, 1.807) is 12.1 Å². The average Bonchev–Trinajstić information content (AvgIpc) is 2.69. The normalized spacial score (nSPS) is 15.6. The summed E-state index contributed by atoms with van der Waals surface area (Å²) in [5.41, 5.74) is 3.71. The van der Waals surface area contributed by atoms with Crippen LogP contribution in [0.2, 0.25) is 5.02 Å². The second kappa shape index (κ2) is 9.30. The molecule has 0 saturated carbocycles. The van der Waals surface area contributed by atoms with Crippen LogP contribution in [0.15, 0.2) is 67.3 Å². The molecule has 0 heterocycles. The maximum absolute atomic E-state index is 14.7. The van der Waals surface area contributed by atoms with Crippen molar-refractivity contribution in [1.29, 1.82) is 0 Å². The smallest absolute Gasteiger partial charge is 0.145 e. The highest BCUT2D eigenvalue weighted by atomic mass is 127. The number of hydrogen-bond acceptors (Lipinski definition) is 0. The fraction of sp³-hybridized carbons (Fsp3) is 0.125. The van der Waals surface area contributed by atoms with Gasteiger partial charge in [0.1, 0.15) is 5.82 Å². The molecule has 0 amide bonds. The molecular formula is C24H19ClFI. The largest absolute Gasteiger partial charge is 0.205 e. The lowest BCUT2D eigenvalue weighted by atomic mass is 9.93. The molecule has 0 aromatic heterocycles. The fourth-order valence-electron chi connectivity index (χ4n) is 2.87. The molecule has 136 valence electrons. The highest BCUT2D eigenvalue weighted by Crippen LogP contribution is 2.32. The van der Waals surface area contributed by atoms with E-state index in [1.165, 1.54) is 5.56 Å². The average molecular weight is 489 g/mol. The maximum Gasteiger partial charge on any atom is 0.145 e. The molecule has 2 aromatic rings. The van der Waals surface area contributed by atoms with E-state index in [2.05, 4.69) is 35.1 Å². The van der Waals surface area contributed by atoms with Crippen LogP contribution in [0.4, 0.5) is 4.39 Å². The lowest BCUT2D eigenvalue weighted by Crippen LogP contribution is -1.99. The van der Waals surface area contributed by atoms with E-state index in [9.17, 15) is 4.39 Å². The molecule has 0 spiro atoms. The molecule has 1 atom stereocenters. The van der Waals surface area contributed by atoms with Crippen LogP contribution in [0.3, 0.4) is 0 Å². The molecule has 3 heteroatoms. The first-order valence-electron chi connectivity index (χ1n) is 8.59. The van der Waals surface area contributed by atoms with Gasteiger partial charge in [-0.1, -0.05) is 85.1 Å². The van der Waals surface area contributed by atoms with Gasteiger partial charge < -0.3 is 0 Å². The predicted octanol–water partition coefficient (Wildman–Crippen LogP) is 6.79. The summed E-state index contributed by atoms with van der Waals surface area (Å²) in [6.45, 7) is 3.75. The first-order valence-corrected chi connectivity index (χ1v) is 11.6. The summed E-state index contributed by atoms with van der Waals surface area (Å²) in [6.07, 6.45) is 9.57. The van der Waals surface area contributed by atoms with Crippen molar-refractivity contribution < 1.29 is 4.39 Å². The second-order valence-corrected chi connectivity index (χ2v) is 8.43. The zero-order valence-electron chi connectivity index (χ0n) is 14.8. The highest BCUT2D eigenvalue weighted by Gasteiger charge is 2.15. The molecule has 0 aliphatic heterocycles. The van der Waals surface area contributed by atoms with Crippen LogP contribution in [0.1, 0.15) is 23.1 Å². The predicted molar refractivity (Wildman–Crippen MR) is 124 cm³/mol. The molecule has 2 aromatic carbocycles. The van der Waals surface area contributed by atoms with Crippen molar-refractivity contribution in [1.82, 2.24) is 0 Å². The van der Waals surface area contributed by atoms with Crippen LogP contribution >= 0.6 is 32.3 Å². The van der Waals surface area contributed by atoms with Crippen LogP contribution in [0.25, 0.3) is 5.57 Å². The summed E-state index contributed by atoms with van der Waals surface area (Å²) < 4.78 is 19.1. The molecule has 0 fully saturated rings. The minimum atomic E-state index is -0.656. The lowest BCUT2D eigenvalue weighted by Gasteiger charge is -2.13. The van der Waals surface area contributed by atoms with Gasteiger partial charge in [0.05, 0.1) is 8.59 Å². The van der Waals surface area contributed by atoms with E-state index in [4.69, 9.17) is 11.6 Å². The molecule has 1 aliphatic carbocycles. The number of hydrogen-bond donors (Lipinski definition) is 0. The fourth-order valence-corrected chi connectivity index (χ4v) is 4.52. The topological polar surface area (TPSA) is 0 Å². The molecule has 0 N–H and O–H groups in total. The van der Waals surface area contributed by atoms with Gasteiger partial charge in [-0.2, -0.15) is 0 Å². The van der Waals surface area contributed by atoms with Gasteiger partial charge >= 0.3 is 0 Å². The van der Waals surface area contributed by atoms with E-state index < -0.39 is 20.7 Å². The first kappa shape index (κ1) is 19.8. The zero-order chi connectivity index (χ0) is 19.2. The Balaban J connectivity index is 1.72. The summed E-state index contributed by atoms with van der Waals surface area (Å²) in [5.74, 6) is 6.42.